The number of aryl methyl sites for hydroxylation is 1. The van der Waals surface area contributed by atoms with Gasteiger partial charge in [-0.2, -0.15) is 4.98 Å². The van der Waals surface area contributed by atoms with Gasteiger partial charge in [-0.25, -0.2) is 4.79 Å². The monoisotopic (exact) mass is 449 g/mol. The molecule has 4 N–H and O–H groups in total. The second kappa shape index (κ2) is 10.1. The lowest BCUT2D eigenvalue weighted by Crippen LogP contribution is -2.50. The number of ether oxygens (including phenoxy) is 1. The van der Waals surface area contributed by atoms with E-state index in [1.54, 1.807) is 6.92 Å². The Morgan fingerprint density at radius 3 is 2.44 bits per heavy atom. The van der Waals surface area contributed by atoms with Crippen LogP contribution < -0.4 is 21.5 Å². The minimum absolute atomic E-state index is 0.0215. The molecule has 2 atom stereocenters. The lowest BCUT2D eigenvalue weighted by Gasteiger charge is -2.46. The number of hydrogen-bond donors (Lipinski definition) is 4. The molecule has 1 aliphatic carbocycles. The molecule has 1 fully saturated rings. The van der Waals surface area contributed by atoms with Gasteiger partial charge in [-0.15, -0.1) is 0 Å². The van der Waals surface area contributed by atoms with Crippen LogP contribution in [0.5, 0.6) is 0 Å². The predicted octanol–water partition coefficient (Wildman–Crippen LogP) is 2.03. The third kappa shape index (κ3) is 7.65. The normalized spacial score (nSPS) is 22.0. The molecule has 0 radical (unpaired) electrons. The summed E-state index contributed by atoms with van der Waals surface area (Å²) in [6.07, 6.45) is 2.24. The van der Waals surface area contributed by atoms with Crippen LogP contribution in [0.3, 0.4) is 0 Å². The summed E-state index contributed by atoms with van der Waals surface area (Å²) in [6.45, 7) is 11.4. The second-order valence-electron chi connectivity index (χ2n) is 9.87. The lowest BCUT2D eigenvalue weighted by molar-refractivity contribution is -0.120. The molecule has 0 saturated heterocycles. The van der Waals surface area contributed by atoms with Gasteiger partial charge in [0.05, 0.1) is 6.61 Å². The molecular formula is C22H35N5O5. The van der Waals surface area contributed by atoms with E-state index in [1.165, 1.54) is 13.8 Å². The van der Waals surface area contributed by atoms with Crippen LogP contribution in [0.15, 0.2) is 4.79 Å². The van der Waals surface area contributed by atoms with Gasteiger partial charge in [-0.05, 0) is 37.0 Å². The summed E-state index contributed by atoms with van der Waals surface area (Å²) >= 11 is 0. The van der Waals surface area contributed by atoms with Crippen molar-refractivity contribution in [2.24, 2.45) is 10.8 Å². The van der Waals surface area contributed by atoms with Crippen molar-refractivity contribution in [3.05, 3.63) is 21.6 Å². The SMILES string of the molecule is CC(=O)Nc1nc(=O)c(CCOC(=O)NCC2(C)CC(NC(C)=O)CC(C)(C)C2)c(C)[nH]1. The maximum absolute atomic E-state index is 12.2. The number of nitrogens with zero attached hydrogens (tertiary/aromatic N) is 1. The van der Waals surface area contributed by atoms with E-state index in [4.69, 9.17) is 4.74 Å². The summed E-state index contributed by atoms with van der Waals surface area (Å²) in [5.74, 6) is -0.297. The fourth-order valence-electron chi connectivity index (χ4n) is 4.87. The van der Waals surface area contributed by atoms with E-state index in [1.807, 2.05) is 0 Å². The largest absolute Gasteiger partial charge is 0.449 e. The molecule has 10 heteroatoms. The van der Waals surface area contributed by atoms with Crippen molar-refractivity contribution < 1.29 is 19.1 Å². The quantitative estimate of drug-likeness (QED) is 0.502. The molecular weight excluding hydrogens is 414 g/mol. The number of alkyl carbamates (subject to hydrolysis) is 1. The number of amides is 3. The zero-order chi connectivity index (χ0) is 24.1. The van der Waals surface area contributed by atoms with Crippen LogP contribution >= 0.6 is 0 Å². The summed E-state index contributed by atoms with van der Waals surface area (Å²) < 4.78 is 5.26. The van der Waals surface area contributed by atoms with Crippen LogP contribution in [0.4, 0.5) is 10.7 Å². The van der Waals surface area contributed by atoms with E-state index in [0.717, 1.165) is 19.3 Å². The molecule has 2 rings (SSSR count). The van der Waals surface area contributed by atoms with Crippen molar-refractivity contribution in [1.82, 2.24) is 20.6 Å². The molecule has 0 aromatic carbocycles. The lowest BCUT2D eigenvalue weighted by atomic mass is 9.62. The maximum Gasteiger partial charge on any atom is 0.407 e. The van der Waals surface area contributed by atoms with E-state index < -0.39 is 11.7 Å². The summed E-state index contributed by atoms with van der Waals surface area (Å²) in [5, 5.41) is 8.28. The Morgan fingerprint density at radius 2 is 1.84 bits per heavy atom. The summed E-state index contributed by atoms with van der Waals surface area (Å²) in [7, 11) is 0. The smallest absolute Gasteiger partial charge is 0.407 e. The summed E-state index contributed by atoms with van der Waals surface area (Å²) in [5.41, 5.74) is 0.339. The number of nitrogens with one attached hydrogen (secondary N) is 4. The fraction of sp³-hybridized carbons (Fsp3) is 0.682. The summed E-state index contributed by atoms with van der Waals surface area (Å²) in [6, 6.07) is 0.0711. The van der Waals surface area contributed by atoms with E-state index in [2.05, 4.69) is 46.7 Å². The molecule has 1 saturated carbocycles. The third-order valence-corrected chi connectivity index (χ3v) is 5.62. The number of hydrogen-bond acceptors (Lipinski definition) is 6. The Morgan fingerprint density at radius 1 is 1.16 bits per heavy atom. The van der Waals surface area contributed by atoms with Crippen LogP contribution in [0, 0.1) is 17.8 Å². The molecule has 3 amide bonds. The van der Waals surface area contributed by atoms with Gasteiger partial charge in [0.2, 0.25) is 17.8 Å². The molecule has 0 aliphatic heterocycles. The standard InChI is InChI=1S/C22H35N5O5/c1-13-17(18(30)27-19(24-13)26-15(3)29)7-8-32-20(31)23-12-22(6)10-16(25-14(2)28)9-21(4,5)11-22/h16H,7-12H2,1-6H3,(H,23,31)(H,25,28)(H2,24,26,27,29,30). The highest BCUT2D eigenvalue weighted by Crippen LogP contribution is 2.45. The number of carbonyl (C=O) groups is 3. The van der Waals surface area contributed by atoms with E-state index in [-0.39, 0.29) is 47.7 Å². The van der Waals surface area contributed by atoms with Gasteiger partial charge in [0, 0.05) is 44.1 Å². The Kier molecular flexibility index (Phi) is 8.03. The van der Waals surface area contributed by atoms with Crippen molar-refractivity contribution in [3.63, 3.8) is 0 Å². The van der Waals surface area contributed by atoms with Gasteiger partial charge >= 0.3 is 6.09 Å². The Balaban J connectivity index is 1.87. The number of aromatic nitrogens is 2. The van der Waals surface area contributed by atoms with Crippen molar-refractivity contribution in [3.8, 4) is 0 Å². The van der Waals surface area contributed by atoms with Crippen LogP contribution in [-0.2, 0) is 20.7 Å². The van der Waals surface area contributed by atoms with Crippen molar-refractivity contribution >= 4 is 23.9 Å². The Labute approximate surface area is 188 Å². The number of carbonyl (C=O) groups excluding carboxylic acids is 3. The maximum atomic E-state index is 12.2. The molecule has 32 heavy (non-hydrogen) atoms. The van der Waals surface area contributed by atoms with E-state index in [9.17, 15) is 19.2 Å². The van der Waals surface area contributed by atoms with Gasteiger partial charge in [-0.3, -0.25) is 19.7 Å². The molecule has 0 spiro atoms. The molecule has 0 bridgehead atoms. The average Bonchev–Trinajstić information content (AvgIpc) is 2.59. The van der Waals surface area contributed by atoms with Gasteiger partial charge in [0.25, 0.3) is 5.56 Å². The molecule has 10 nitrogen and oxygen atoms in total. The third-order valence-electron chi connectivity index (χ3n) is 5.62. The van der Waals surface area contributed by atoms with Gasteiger partial charge in [-0.1, -0.05) is 20.8 Å². The van der Waals surface area contributed by atoms with Crippen LogP contribution in [0.25, 0.3) is 0 Å². The zero-order valence-electron chi connectivity index (χ0n) is 19.8. The summed E-state index contributed by atoms with van der Waals surface area (Å²) in [4.78, 5) is 53.7. The van der Waals surface area contributed by atoms with Gasteiger partial charge in [0.15, 0.2) is 0 Å². The minimum atomic E-state index is -0.553. The Bertz CT molecular complexity index is 926. The molecule has 1 heterocycles. The highest BCUT2D eigenvalue weighted by atomic mass is 16.5. The van der Waals surface area contributed by atoms with Crippen LogP contribution in [0.2, 0.25) is 0 Å². The molecule has 1 aromatic rings. The predicted molar refractivity (Wildman–Crippen MR) is 120 cm³/mol. The van der Waals surface area contributed by atoms with Crippen LogP contribution in [0.1, 0.15) is 65.1 Å². The molecule has 2 unspecified atom stereocenters. The first-order valence-corrected chi connectivity index (χ1v) is 10.8. The number of rotatable bonds is 7. The van der Waals surface area contributed by atoms with Gasteiger partial charge in [0.1, 0.15) is 0 Å². The molecule has 178 valence electrons. The van der Waals surface area contributed by atoms with E-state index in [0.29, 0.717) is 17.8 Å². The van der Waals surface area contributed by atoms with Crippen molar-refractivity contribution in [2.45, 2.75) is 73.3 Å². The van der Waals surface area contributed by atoms with Crippen molar-refractivity contribution in [1.29, 1.82) is 0 Å². The second-order valence-corrected chi connectivity index (χ2v) is 9.87. The van der Waals surface area contributed by atoms with Crippen LogP contribution in [-0.4, -0.2) is 47.1 Å². The first kappa shape index (κ1) is 25.4. The Hall–Kier alpha value is -2.91. The number of H-pyrrole nitrogens is 1. The highest BCUT2D eigenvalue weighted by Gasteiger charge is 2.41. The minimum Gasteiger partial charge on any atom is -0.449 e. The van der Waals surface area contributed by atoms with Crippen molar-refractivity contribution in [2.75, 3.05) is 18.5 Å². The molecule has 1 aliphatic rings. The zero-order valence-corrected chi connectivity index (χ0v) is 19.8. The highest BCUT2D eigenvalue weighted by molar-refractivity contribution is 5.86. The van der Waals surface area contributed by atoms with Gasteiger partial charge < -0.3 is 20.4 Å². The fourth-order valence-corrected chi connectivity index (χ4v) is 4.87. The number of anilines is 1. The topological polar surface area (TPSA) is 142 Å². The van der Waals surface area contributed by atoms with E-state index >= 15 is 0 Å². The first-order valence-electron chi connectivity index (χ1n) is 10.8. The molecule has 1 aromatic heterocycles. The average molecular weight is 450 g/mol. The number of aromatic amines is 1. The first-order chi connectivity index (χ1) is 14.8.